The Balaban J connectivity index is 1.35. The van der Waals surface area contributed by atoms with Crippen molar-refractivity contribution < 1.29 is 4.79 Å². The lowest BCUT2D eigenvalue weighted by Gasteiger charge is -2.57. The summed E-state index contributed by atoms with van der Waals surface area (Å²) >= 11 is 0. The molecule has 2 N–H and O–H groups in total. The number of fused-ring (bicyclic) bond motifs is 1. The molecule has 1 saturated carbocycles. The third-order valence-corrected chi connectivity index (χ3v) is 7.44. The molecule has 1 aliphatic heterocycles. The zero-order valence-electron chi connectivity index (χ0n) is 20.1. The number of carbonyl (C=O) groups is 1. The van der Waals surface area contributed by atoms with Gasteiger partial charge in [-0.25, -0.2) is 4.98 Å². The van der Waals surface area contributed by atoms with Gasteiger partial charge in [0.05, 0.1) is 28.0 Å². The van der Waals surface area contributed by atoms with Gasteiger partial charge >= 0.3 is 0 Å². The lowest BCUT2D eigenvalue weighted by Crippen LogP contribution is -2.65. The molecule has 0 unspecified atom stereocenters. The number of hydrogen-bond acceptors (Lipinski definition) is 6. The van der Waals surface area contributed by atoms with Crippen LogP contribution in [0.3, 0.4) is 0 Å². The first kappa shape index (κ1) is 22.5. The number of piperazine rings is 1. The van der Waals surface area contributed by atoms with Crippen LogP contribution in [0.25, 0.3) is 11.0 Å². The second-order valence-corrected chi connectivity index (χ2v) is 9.57. The zero-order valence-corrected chi connectivity index (χ0v) is 20.1. The summed E-state index contributed by atoms with van der Waals surface area (Å²) in [6, 6.07) is 7.84. The number of rotatable bonds is 5. The molecule has 0 radical (unpaired) electrons. The third-order valence-electron chi connectivity index (χ3n) is 7.44. The normalized spacial score (nSPS) is 17.7. The van der Waals surface area contributed by atoms with Crippen molar-refractivity contribution in [2.24, 2.45) is 0 Å². The Morgan fingerprint density at radius 1 is 1.24 bits per heavy atom. The third kappa shape index (κ3) is 3.96. The second kappa shape index (κ2) is 8.83. The molecular weight excluding hydrogens is 428 g/mol. The highest BCUT2D eigenvalue weighted by molar-refractivity contribution is 5.92. The first-order chi connectivity index (χ1) is 16.4. The minimum atomic E-state index is -0.158. The standard InChI is InChI=1S/C26H32N6O2/c1-4-19-13-21-22(30-24(19)33)12-18(14-28-21)15-31-10-11-32(26(16-31)8-5-9-26)23-7-6-20(25(34)27-3)29-17(23)2/h6-7,12-14H,4-5,8-11,15-16H2,1-3H3,(H,27,34)(H,30,33). The van der Waals surface area contributed by atoms with Crippen LogP contribution in [0.1, 0.15) is 53.5 Å². The molecule has 1 spiro atoms. The number of carbonyl (C=O) groups excluding carboxylic acids is 1. The number of nitrogens with zero attached hydrogens (tertiary/aromatic N) is 4. The van der Waals surface area contributed by atoms with Crippen molar-refractivity contribution in [1.82, 2.24) is 25.2 Å². The summed E-state index contributed by atoms with van der Waals surface area (Å²) in [5, 5.41) is 2.65. The van der Waals surface area contributed by atoms with E-state index >= 15 is 0 Å². The van der Waals surface area contributed by atoms with Gasteiger partial charge in [-0.2, -0.15) is 0 Å². The van der Waals surface area contributed by atoms with E-state index in [0.29, 0.717) is 12.1 Å². The topological polar surface area (TPSA) is 94.2 Å². The molecule has 2 aliphatic rings. The van der Waals surface area contributed by atoms with E-state index in [1.807, 2.05) is 32.2 Å². The van der Waals surface area contributed by atoms with Gasteiger partial charge in [0.1, 0.15) is 5.69 Å². The van der Waals surface area contributed by atoms with Crippen LogP contribution in [-0.2, 0) is 13.0 Å². The van der Waals surface area contributed by atoms with Gasteiger partial charge in [0, 0.05) is 45.0 Å². The van der Waals surface area contributed by atoms with Crippen LogP contribution in [0.4, 0.5) is 5.69 Å². The summed E-state index contributed by atoms with van der Waals surface area (Å²) in [5.74, 6) is -0.158. The minimum absolute atomic E-state index is 0.0256. The molecule has 1 saturated heterocycles. The summed E-state index contributed by atoms with van der Waals surface area (Å²) in [7, 11) is 1.63. The Kier molecular flexibility index (Phi) is 5.85. The van der Waals surface area contributed by atoms with Crippen molar-refractivity contribution in [2.75, 3.05) is 31.6 Å². The molecule has 3 aromatic heterocycles. The molecule has 1 amide bonds. The number of pyridine rings is 3. The van der Waals surface area contributed by atoms with Crippen LogP contribution in [0.2, 0.25) is 0 Å². The average molecular weight is 461 g/mol. The largest absolute Gasteiger partial charge is 0.362 e. The minimum Gasteiger partial charge on any atom is -0.362 e. The molecule has 5 rings (SSSR count). The van der Waals surface area contributed by atoms with Crippen molar-refractivity contribution in [3.63, 3.8) is 0 Å². The summed E-state index contributed by atoms with van der Waals surface area (Å²) < 4.78 is 0. The molecule has 34 heavy (non-hydrogen) atoms. The van der Waals surface area contributed by atoms with Crippen LogP contribution in [0.15, 0.2) is 35.3 Å². The molecule has 8 heteroatoms. The second-order valence-electron chi connectivity index (χ2n) is 9.57. The molecular formula is C26H32N6O2. The van der Waals surface area contributed by atoms with E-state index in [1.54, 1.807) is 7.05 Å². The Morgan fingerprint density at radius 2 is 2.06 bits per heavy atom. The molecule has 1 aliphatic carbocycles. The first-order valence-corrected chi connectivity index (χ1v) is 12.1. The molecule has 2 fully saturated rings. The van der Waals surface area contributed by atoms with Gasteiger partial charge in [0.15, 0.2) is 0 Å². The van der Waals surface area contributed by atoms with Gasteiger partial charge < -0.3 is 15.2 Å². The summed E-state index contributed by atoms with van der Waals surface area (Å²) in [4.78, 5) is 41.4. The van der Waals surface area contributed by atoms with Crippen LogP contribution < -0.4 is 15.8 Å². The summed E-state index contributed by atoms with van der Waals surface area (Å²) in [6.45, 7) is 7.61. The maximum absolute atomic E-state index is 12.2. The molecule has 3 aromatic rings. The zero-order chi connectivity index (χ0) is 23.9. The maximum atomic E-state index is 12.2. The van der Waals surface area contributed by atoms with Crippen molar-refractivity contribution in [3.8, 4) is 0 Å². The number of amides is 1. The van der Waals surface area contributed by atoms with Gasteiger partial charge in [0.2, 0.25) is 0 Å². The maximum Gasteiger partial charge on any atom is 0.269 e. The van der Waals surface area contributed by atoms with E-state index in [9.17, 15) is 9.59 Å². The quantitative estimate of drug-likeness (QED) is 0.608. The van der Waals surface area contributed by atoms with Crippen molar-refractivity contribution >= 4 is 22.6 Å². The number of aryl methyl sites for hydroxylation is 2. The number of hydrogen-bond donors (Lipinski definition) is 2. The van der Waals surface area contributed by atoms with E-state index in [2.05, 4.69) is 42.2 Å². The van der Waals surface area contributed by atoms with E-state index in [0.717, 1.165) is 72.6 Å². The van der Waals surface area contributed by atoms with Gasteiger partial charge in [-0.15, -0.1) is 0 Å². The van der Waals surface area contributed by atoms with E-state index in [-0.39, 0.29) is 17.0 Å². The fourth-order valence-corrected chi connectivity index (χ4v) is 5.45. The highest BCUT2D eigenvalue weighted by Crippen LogP contribution is 2.43. The fourth-order valence-electron chi connectivity index (χ4n) is 5.45. The Morgan fingerprint density at radius 3 is 2.74 bits per heavy atom. The van der Waals surface area contributed by atoms with Gasteiger partial charge in [0.25, 0.3) is 11.5 Å². The summed E-state index contributed by atoms with van der Waals surface area (Å²) in [5.41, 5.74) is 6.08. The monoisotopic (exact) mass is 460 g/mol. The number of aromatic amines is 1. The predicted molar refractivity (Wildman–Crippen MR) is 133 cm³/mol. The highest BCUT2D eigenvalue weighted by Gasteiger charge is 2.46. The molecule has 178 valence electrons. The molecule has 4 heterocycles. The van der Waals surface area contributed by atoms with Crippen molar-refractivity contribution in [2.45, 2.75) is 51.6 Å². The number of aromatic nitrogens is 3. The van der Waals surface area contributed by atoms with Crippen LogP contribution in [0.5, 0.6) is 0 Å². The van der Waals surface area contributed by atoms with E-state index < -0.39 is 0 Å². The van der Waals surface area contributed by atoms with Crippen LogP contribution in [0, 0.1) is 6.92 Å². The Labute approximate surface area is 199 Å². The lowest BCUT2D eigenvalue weighted by molar-refractivity contribution is 0.0956. The van der Waals surface area contributed by atoms with Gasteiger partial charge in [-0.1, -0.05) is 6.92 Å². The van der Waals surface area contributed by atoms with Crippen LogP contribution in [-0.4, -0.2) is 58.0 Å². The summed E-state index contributed by atoms with van der Waals surface area (Å²) in [6.07, 6.45) is 6.17. The van der Waals surface area contributed by atoms with Gasteiger partial charge in [-0.3, -0.25) is 19.5 Å². The Hall–Kier alpha value is -3.26. The molecule has 0 atom stereocenters. The number of anilines is 1. The average Bonchev–Trinajstić information content (AvgIpc) is 2.82. The van der Waals surface area contributed by atoms with Crippen LogP contribution >= 0.6 is 0 Å². The smallest absolute Gasteiger partial charge is 0.269 e. The Bertz CT molecular complexity index is 1300. The first-order valence-electron chi connectivity index (χ1n) is 12.1. The van der Waals surface area contributed by atoms with Crippen molar-refractivity contribution in [3.05, 3.63) is 63.3 Å². The lowest BCUT2D eigenvalue weighted by atomic mass is 9.73. The number of H-pyrrole nitrogens is 1. The van der Waals surface area contributed by atoms with E-state index in [1.165, 1.54) is 6.42 Å². The van der Waals surface area contributed by atoms with Crippen molar-refractivity contribution in [1.29, 1.82) is 0 Å². The van der Waals surface area contributed by atoms with E-state index in [4.69, 9.17) is 0 Å². The highest BCUT2D eigenvalue weighted by atomic mass is 16.1. The SMILES string of the molecule is CCc1cc2ncc(CN3CCN(c4ccc(C(=O)NC)nc4C)C4(CCC4)C3)cc2[nH]c1=O. The van der Waals surface area contributed by atoms with Gasteiger partial charge in [-0.05, 0) is 62.4 Å². The molecule has 8 nitrogen and oxygen atoms in total. The fraction of sp³-hybridized carbons (Fsp3) is 0.462. The number of nitrogens with one attached hydrogen (secondary N) is 2. The molecule has 0 aromatic carbocycles. The predicted octanol–water partition coefficient (Wildman–Crippen LogP) is 2.79. The molecule has 0 bridgehead atoms.